The number of carbonyl (C=O) groups excluding carboxylic acids is 1. The van der Waals surface area contributed by atoms with Gasteiger partial charge in [0.25, 0.3) is 5.91 Å². The molecule has 0 aliphatic rings. The van der Waals surface area contributed by atoms with Gasteiger partial charge in [-0.15, -0.1) is 5.10 Å². The molecule has 1 aromatic heterocycles. The maximum absolute atomic E-state index is 11.7. The summed E-state index contributed by atoms with van der Waals surface area (Å²) >= 11 is 3.43. The summed E-state index contributed by atoms with van der Waals surface area (Å²) < 4.78 is 39.4. The number of alkyl halides is 3. The van der Waals surface area contributed by atoms with Crippen molar-refractivity contribution in [3.8, 4) is 5.75 Å². The predicted octanol–water partition coefficient (Wildman–Crippen LogP) is 1.42. The fourth-order valence-electron chi connectivity index (χ4n) is 1.75. The van der Waals surface area contributed by atoms with Crippen molar-refractivity contribution in [3.63, 3.8) is 0 Å². The number of carboxylic acid groups (broad SMARTS) is 1. The third-order valence-corrected chi connectivity index (χ3v) is 3.62. The molecule has 0 saturated heterocycles. The Morgan fingerprint density at radius 3 is 2.54 bits per heavy atom. The molecule has 13 heteroatoms. The van der Waals surface area contributed by atoms with Gasteiger partial charge in [-0.25, -0.2) is 9.48 Å². The summed E-state index contributed by atoms with van der Waals surface area (Å²) in [5.74, 6) is -2.27. The second-order valence-corrected chi connectivity index (χ2v) is 5.97. The molecule has 0 radical (unpaired) electrons. The van der Waals surface area contributed by atoms with E-state index in [4.69, 9.17) is 20.4 Å². The Kier molecular flexibility index (Phi) is 8.85. The molecular formula is C15H17BrF3N5O4. The van der Waals surface area contributed by atoms with E-state index < -0.39 is 12.1 Å². The van der Waals surface area contributed by atoms with E-state index >= 15 is 0 Å². The summed E-state index contributed by atoms with van der Waals surface area (Å²) in [6.45, 7) is 1.32. The summed E-state index contributed by atoms with van der Waals surface area (Å²) in [4.78, 5) is 20.6. The van der Waals surface area contributed by atoms with Gasteiger partial charge in [-0.3, -0.25) is 4.79 Å². The van der Waals surface area contributed by atoms with Gasteiger partial charge in [0.15, 0.2) is 5.69 Å². The molecule has 0 unspecified atom stereocenters. The average Bonchev–Trinajstić information content (AvgIpc) is 3.08. The van der Waals surface area contributed by atoms with Crippen LogP contribution >= 0.6 is 15.9 Å². The van der Waals surface area contributed by atoms with Crippen molar-refractivity contribution in [3.05, 3.63) is 40.1 Å². The highest BCUT2D eigenvalue weighted by molar-refractivity contribution is 9.10. The number of nitrogens with two attached hydrogens (primary N) is 1. The van der Waals surface area contributed by atoms with Gasteiger partial charge in [0, 0.05) is 13.1 Å². The highest BCUT2D eigenvalue weighted by Gasteiger charge is 2.38. The Morgan fingerprint density at radius 2 is 2.04 bits per heavy atom. The number of rotatable bonds is 6. The monoisotopic (exact) mass is 467 g/mol. The molecule has 0 saturated carbocycles. The van der Waals surface area contributed by atoms with Crippen LogP contribution in [0.3, 0.4) is 0 Å². The molecular weight excluding hydrogens is 451 g/mol. The van der Waals surface area contributed by atoms with Gasteiger partial charge in [-0.05, 0) is 33.6 Å². The second kappa shape index (κ2) is 10.6. The number of hydrogen-bond donors (Lipinski definition) is 3. The fourth-order valence-corrected chi connectivity index (χ4v) is 2.34. The number of carbonyl (C=O) groups is 2. The molecule has 2 aromatic rings. The molecule has 0 aliphatic heterocycles. The molecule has 1 heterocycles. The van der Waals surface area contributed by atoms with Gasteiger partial charge in [0.05, 0.1) is 24.3 Å². The Bertz CT molecular complexity index is 813. The third kappa shape index (κ3) is 7.52. The first kappa shape index (κ1) is 23.4. The Morgan fingerprint density at radius 1 is 1.39 bits per heavy atom. The lowest BCUT2D eigenvalue weighted by atomic mass is 10.2. The minimum atomic E-state index is -5.08. The summed E-state index contributed by atoms with van der Waals surface area (Å²) in [7, 11) is 1.61. The molecule has 4 N–H and O–H groups in total. The third-order valence-electron chi connectivity index (χ3n) is 3.00. The number of amides is 1. The summed E-state index contributed by atoms with van der Waals surface area (Å²) in [5.41, 5.74) is 6.62. The number of benzene rings is 1. The molecule has 1 amide bonds. The van der Waals surface area contributed by atoms with Crippen molar-refractivity contribution in [2.75, 3.05) is 20.2 Å². The average molecular weight is 468 g/mol. The Balaban J connectivity index is 0.000000480. The molecule has 28 heavy (non-hydrogen) atoms. The quantitative estimate of drug-likeness (QED) is 0.584. The number of halogens is 4. The number of aliphatic carboxylic acids is 1. The van der Waals surface area contributed by atoms with E-state index in [1.807, 2.05) is 18.2 Å². The molecule has 1 aromatic carbocycles. The highest BCUT2D eigenvalue weighted by atomic mass is 79.9. The normalized spacial score (nSPS) is 10.6. The maximum atomic E-state index is 11.7. The molecule has 0 atom stereocenters. The lowest BCUT2D eigenvalue weighted by Crippen LogP contribution is -2.29. The topological polar surface area (TPSA) is 132 Å². The standard InChI is InChI=1S/C13H16BrN5O2.C2HF3O2/c1-21-12-3-2-9(6-10(12)14)7-19-8-11(17-18-19)13(20)16-5-4-15;3-2(4,5)1(6)7/h2-3,6,8H,4-5,7,15H2,1H3,(H,16,20);(H,6,7). The van der Waals surface area contributed by atoms with E-state index in [9.17, 15) is 18.0 Å². The van der Waals surface area contributed by atoms with E-state index in [1.54, 1.807) is 18.0 Å². The molecule has 0 bridgehead atoms. The van der Waals surface area contributed by atoms with Crippen LogP contribution in [0.15, 0.2) is 28.9 Å². The number of hydrogen-bond acceptors (Lipinski definition) is 6. The maximum Gasteiger partial charge on any atom is 0.490 e. The van der Waals surface area contributed by atoms with Crippen molar-refractivity contribution >= 4 is 27.8 Å². The zero-order valence-electron chi connectivity index (χ0n) is 14.5. The first-order chi connectivity index (χ1) is 13.1. The van der Waals surface area contributed by atoms with E-state index in [0.717, 1.165) is 15.8 Å². The van der Waals surface area contributed by atoms with Crippen LogP contribution in [-0.4, -0.2) is 58.4 Å². The Labute approximate surface area is 165 Å². The van der Waals surface area contributed by atoms with Crippen molar-refractivity contribution in [1.29, 1.82) is 0 Å². The Hall–Kier alpha value is -2.67. The molecule has 9 nitrogen and oxygen atoms in total. The first-order valence-corrected chi connectivity index (χ1v) is 8.38. The van der Waals surface area contributed by atoms with Crippen LogP contribution in [0.1, 0.15) is 16.1 Å². The van der Waals surface area contributed by atoms with Crippen LogP contribution in [0.2, 0.25) is 0 Å². The van der Waals surface area contributed by atoms with Crippen molar-refractivity contribution in [1.82, 2.24) is 20.3 Å². The molecule has 2 rings (SSSR count). The summed E-state index contributed by atoms with van der Waals surface area (Å²) in [5, 5.41) is 17.6. The minimum Gasteiger partial charge on any atom is -0.496 e. The lowest BCUT2D eigenvalue weighted by Gasteiger charge is -2.06. The van der Waals surface area contributed by atoms with E-state index in [0.29, 0.717) is 19.6 Å². The first-order valence-electron chi connectivity index (χ1n) is 7.59. The van der Waals surface area contributed by atoms with Gasteiger partial charge in [0.2, 0.25) is 0 Å². The SMILES string of the molecule is COc1ccc(Cn2cc(C(=O)NCCN)nn2)cc1Br.O=C(O)C(F)(F)F. The molecule has 0 spiro atoms. The number of nitrogens with one attached hydrogen (secondary N) is 1. The molecule has 0 fully saturated rings. The van der Waals surface area contributed by atoms with Crippen LogP contribution in [0, 0.1) is 0 Å². The number of carboxylic acids is 1. The van der Waals surface area contributed by atoms with Crippen LogP contribution in [-0.2, 0) is 11.3 Å². The number of ether oxygens (including phenoxy) is 1. The number of nitrogens with zero attached hydrogens (tertiary/aromatic N) is 3. The summed E-state index contributed by atoms with van der Waals surface area (Å²) in [6, 6.07) is 5.74. The predicted molar refractivity (Wildman–Crippen MR) is 94.9 cm³/mol. The van der Waals surface area contributed by atoms with Gasteiger partial charge < -0.3 is 20.9 Å². The van der Waals surface area contributed by atoms with E-state index in [1.165, 1.54) is 0 Å². The van der Waals surface area contributed by atoms with Crippen LogP contribution in [0.25, 0.3) is 0 Å². The zero-order valence-corrected chi connectivity index (χ0v) is 16.1. The largest absolute Gasteiger partial charge is 0.496 e. The number of aromatic nitrogens is 3. The lowest BCUT2D eigenvalue weighted by molar-refractivity contribution is -0.192. The van der Waals surface area contributed by atoms with Crippen LogP contribution in [0.4, 0.5) is 13.2 Å². The summed E-state index contributed by atoms with van der Waals surface area (Å²) in [6.07, 6.45) is -3.48. The zero-order chi connectivity index (χ0) is 21.3. The van der Waals surface area contributed by atoms with Crippen molar-refractivity contribution in [2.24, 2.45) is 5.73 Å². The second-order valence-electron chi connectivity index (χ2n) is 5.12. The van der Waals surface area contributed by atoms with Crippen molar-refractivity contribution < 1.29 is 32.6 Å². The van der Waals surface area contributed by atoms with Crippen LogP contribution in [0.5, 0.6) is 5.75 Å². The smallest absolute Gasteiger partial charge is 0.490 e. The van der Waals surface area contributed by atoms with E-state index in [2.05, 4.69) is 31.6 Å². The van der Waals surface area contributed by atoms with Gasteiger partial charge >= 0.3 is 12.1 Å². The molecule has 154 valence electrons. The van der Waals surface area contributed by atoms with Gasteiger partial charge in [-0.1, -0.05) is 11.3 Å². The number of methoxy groups -OCH3 is 1. The van der Waals surface area contributed by atoms with Crippen molar-refractivity contribution in [2.45, 2.75) is 12.7 Å². The fraction of sp³-hybridized carbons (Fsp3) is 0.333. The van der Waals surface area contributed by atoms with E-state index in [-0.39, 0.29) is 11.6 Å². The minimum absolute atomic E-state index is 0.274. The van der Waals surface area contributed by atoms with Crippen LogP contribution < -0.4 is 15.8 Å². The van der Waals surface area contributed by atoms with Gasteiger partial charge in [0.1, 0.15) is 5.75 Å². The van der Waals surface area contributed by atoms with Gasteiger partial charge in [-0.2, -0.15) is 13.2 Å². The highest BCUT2D eigenvalue weighted by Crippen LogP contribution is 2.25. The molecule has 0 aliphatic carbocycles.